The lowest BCUT2D eigenvalue weighted by Gasteiger charge is -2.06. The van der Waals surface area contributed by atoms with E-state index in [0.717, 1.165) is 0 Å². The van der Waals surface area contributed by atoms with Crippen LogP contribution < -0.4 is 0 Å². The number of allylic oxidation sites excluding steroid dienone is 2. The number of carbonyl (C=O) groups is 1. The van der Waals surface area contributed by atoms with E-state index in [1.807, 2.05) is 0 Å². The summed E-state index contributed by atoms with van der Waals surface area (Å²) in [5.41, 5.74) is 0. The SMILES string of the molecule is CCOC(=O)/C=C/C=C/C(OC)OC. The fraction of sp³-hybridized carbons (Fsp3) is 0.500. The average Bonchev–Trinajstić information content (AvgIpc) is 2.19. The molecule has 0 aliphatic heterocycles. The molecule has 0 saturated carbocycles. The topological polar surface area (TPSA) is 44.8 Å². The molecular formula is C10H16O4. The largest absolute Gasteiger partial charge is 0.463 e. The lowest BCUT2D eigenvalue weighted by molar-refractivity contribution is -0.137. The number of ether oxygens (including phenoxy) is 3. The van der Waals surface area contributed by atoms with Crippen molar-refractivity contribution in [2.24, 2.45) is 0 Å². The summed E-state index contributed by atoms with van der Waals surface area (Å²) in [6.07, 6.45) is 5.86. The second-order valence-electron chi connectivity index (χ2n) is 2.34. The summed E-state index contributed by atoms with van der Waals surface area (Å²) in [7, 11) is 3.07. The average molecular weight is 200 g/mol. The normalized spacial score (nSPS) is 11.7. The molecule has 0 heterocycles. The molecule has 0 saturated heterocycles. The molecule has 0 amide bonds. The van der Waals surface area contributed by atoms with Crippen molar-refractivity contribution in [2.45, 2.75) is 13.2 Å². The lowest BCUT2D eigenvalue weighted by atomic mass is 10.4. The van der Waals surface area contributed by atoms with Crippen LogP contribution in [-0.2, 0) is 19.0 Å². The first-order chi connectivity index (χ1) is 6.74. The fourth-order valence-electron chi connectivity index (χ4n) is 0.733. The van der Waals surface area contributed by atoms with Crippen molar-refractivity contribution in [3.63, 3.8) is 0 Å². The van der Waals surface area contributed by atoms with Gasteiger partial charge >= 0.3 is 5.97 Å². The number of esters is 1. The molecular weight excluding hydrogens is 184 g/mol. The maximum Gasteiger partial charge on any atom is 0.330 e. The first kappa shape index (κ1) is 12.9. The van der Waals surface area contributed by atoms with Gasteiger partial charge in [-0.1, -0.05) is 12.2 Å². The molecule has 0 spiro atoms. The molecule has 0 radical (unpaired) electrons. The molecule has 0 atom stereocenters. The van der Waals surface area contributed by atoms with Crippen molar-refractivity contribution in [1.82, 2.24) is 0 Å². The van der Waals surface area contributed by atoms with Gasteiger partial charge in [0.05, 0.1) is 6.61 Å². The van der Waals surface area contributed by atoms with Crippen molar-refractivity contribution in [3.8, 4) is 0 Å². The summed E-state index contributed by atoms with van der Waals surface area (Å²) in [6.45, 7) is 2.14. The third-order valence-corrected chi connectivity index (χ3v) is 1.36. The number of hydrogen-bond acceptors (Lipinski definition) is 4. The van der Waals surface area contributed by atoms with E-state index in [0.29, 0.717) is 6.61 Å². The molecule has 0 aromatic rings. The van der Waals surface area contributed by atoms with Crippen LogP contribution in [0.15, 0.2) is 24.3 Å². The van der Waals surface area contributed by atoms with E-state index in [1.165, 1.54) is 20.3 Å². The number of hydrogen-bond donors (Lipinski definition) is 0. The Bertz CT molecular complexity index is 204. The second-order valence-corrected chi connectivity index (χ2v) is 2.34. The molecule has 14 heavy (non-hydrogen) atoms. The molecule has 4 nitrogen and oxygen atoms in total. The van der Waals surface area contributed by atoms with Gasteiger partial charge in [0.1, 0.15) is 0 Å². The van der Waals surface area contributed by atoms with E-state index < -0.39 is 0 Å². The van der Waals surface area contributed by atoms with Crippen LogP contribution in [0, 0.1) is 0 Å². The van der Waals surface area contributed by atoms with E-state index >= 15 is 0 Å². The molecule has 4 heteroatoms. The molecule has 0 bridgehead atoms. The van der Waals surface area contributed by atoms with Crippen LogP contribution in [0.25, 0.3) is 0 Å². The molecule has 0 fully saturated rings. The minimum absolute atomic E-state index is 0.358. The molecule has 0 N–H and O–H groups in total. The summed E-state index contributed by atoms with van der Waals surface area (Å²) in [6, 6.07) is 0. The zero-order valence-electron chi connectivity index (χ0n) is 8.73. The molecule has 0 aromatic carbocycles. The number of carbonyl (C=O) groups excluding carboxylic acids is 1. The van der Waals surface area contributed by atoms with Crippen LogP contribution in [0.5, 0.6) is 0 Å². The third-order valence-electron chi connectivity index (χ3n) is 1.36. The molecule has 0 unspecified atom stereocenters. The highest BCUT2D eigenvalue weighted by Gasteiger charge is 1.95. The molecule has 80 valence electrons. The van der Waals surface area contributed by atoms with Crippen LogP contribution in [-0.4, -0.2) is 33.1 Å². The monoisotopic (exact) mass is 200 g/mol. The zero-order chi connectivity index (χ0) is 10.8. The van der Waals surface area contributed by atoms with Crippen LogP contribution in [0.1, 0.15) is 6.92 Å². The summed E-state index contributed by atoms with van der Waals surface area (Å²) < 4.78 is 14.5. The first-order valence-corrected chi connectivity index (χ1v) is 4.31. The highest BCUT2D eigenvalue weighted by atomic mass is 16.7. The van der Waals surface area contributed by atoms with Crippen LogP contribution >= 0.6 is 0 Å². The molecule has 0 aliphatic carbocycles. The predicted molar refractivity (Wildman–Crippen MR) is 52.7 cm³/mol. The van der Waals surface area contributed by atoms with Crippen molar-refractivity contribution >= 4 is 5.97 Å². The van der Waals surface area contributed by atoms with E-state index in [-0.39, 0.29) is 12.3 Å². The van der Waals surface area contributed by atoms with Gasteiger partial charge in [-0.25, -0.2) is 4.79 Å². The van der Waals surface area contributed by atoms with Crippen LogP contribution in [0.4, 0.5) is 0 Å². The fourth-order valence-corrected chi connectivity index (χ4v) is 0.733. The Hall–Kier alpha value is -1.13. The summed E-state index contributed by atoms with van der Waals surface area (Å²) in [5, 5.41) is 0. The van der Waals surface area contributed by atoms with E-state index in [4.69, 9.17) is 9.47 Å². The maximum atomic E-state index is 10.8. The standard InChI is InChI=1S/C10H16O4/c1-4-14-9(11)7-5-6-8-10(12-2)13-3/h5-8,10H,4H2,1-3H3/b7-5+,8-6+. The van der Waals surface area contributed by atoms with Crippen LogP contribution in [0.2, 0.25) is 0 Å². The lowest BCUT2D eigenvalue weighted by Crippen LogP contribution is -2.08. The van der Waals surface area contributed by atoms with Crippen LogP contribution in [0.3, 0.4) is 0 Å². The van der Waals surface area contributed by atoms with Gasteiger partial charge in [-0.15, -0.1) is 0 Å². The zero-order valence-corrected chi connectivity index (χ0v) is 8.73. The van der Waals surface area contributed by atoms with Gasteiger partial charge in [0.2, 0.25) is 0 Å². The Morgan fingerprint density at radius 3 is 2.43 bits per heavy atom. The van der Waals surface area contributed by atoms with E-state index in [9.17, 15) is 4.79 Å². The van der Waals surface area contributed by atoms with Crippen molar-refractivity contribution in [2.75, 3.05) is 20.8 Å². The van der Waals surface area contributed by atoms with Crippen molar-refractivity contribution < 1.29 is 19.0 Å². The van der Waals surface area contributed by atoms with Gasteiger partial charge in [-0.3, -0.25) is 0 Å². The minimum atomic E-state index is -0.387. The quantitative estimate of drug-likeness (QED) is 0.280. The molecule has 0 aromatic heterocycles. The van der Waals surface area contributed by atoms with E-state index in [1.54, 1.807) is 25.2 Å². The Kier molecular flexibility index (Phi) is 7.78. The summed E-state index contributed by atoms with van der Waals surface area (Å²) in [5.74, 6) is -0.358. The molecule has 0 rings (SSSR count). The number of rotatable bonds is 6. The van der Waals surface area contributed by atoms with Gasteiger partial charge in [0.25, 0.3) is 0 Å². The van der Waals surface area contributed by atoms with Gasteiger partial charge in [-0.2, -0.15) is 0 Å². The van der Waals surface area contributed by atoms with Crippen molar-refractivity contribution in [3.05, 3.63) is 24.3 Å². The summed E-state index contributed by atoms with van der Waals surface area (Å²) >= 11 is 0. The smallest absolute Gasteiger partial charge is 0.330 e. The van der Waals surface area contributed by atoms with Gasteiger partial charge in [-0.05, 0) is 13.0 Å². The van der Waals surface area contributed by atoms with E-state index in [2.05, 4.69) is 4.74 Å². The Balaban J connectivity index is 3.84. The first-order valence-electron chi connectivity index (χ1n) is 4.31. The summed E-state index contributed by atoms with van der Waals surface area (Å²) in [4.78, 5) is 10.8. The Morgan fingerprint density at radius 2 is 1.93 bits per heavy atom. The second kappa shape index (κ2) is 8.47. The Morgan fingerprint density at radius 1 is 1.29 bits per heavy atom. The Labute approximate surface area is 84.1 Å². The predicted octanol–water partition coefficient (Wildman–Crippen LogP) is 1.28. The maximum absolute atomic E-state index is 10.8. The highest BCUT2D eigenvalue weighted by Crippen LogP contribution is 1.93. The van der Waals surface area contributed by atoms with Crippen molar-refractivity contribution in [1.29, 1.82) is 0 Å². The third kappa shape index (κ3) is 6.39. The van der Waals surface area contributed by atoms with Gasteiger partial charge < -0.3 is 14.2 Å². The van der Waals surface area contributed by atoms with Gasteiger partial charge in [0.15, 0.2) is 6.29 Å². The van der Waals surface area contributed by atoms with Gasteiger partial charge in [0, 0.05) is 20.3 Å². The minimum Gasteiger partial charge on any atom is -0.463 e. The number of methoxy groups -OCH3 is 2. The highest BCUT2D eigenvalue weighted by molar-refractivity contribution is 5.82. The molecule has 0 aliphatic rings.